The summed E-state index contributed by atoms with van der Waals surface area (Å²) in [5.41, 5.74) is 0. The van der Waals surface area contributed by atoms with Gasteiger partial charge in [-0.1, -0.05) is 15.9 Å². The Kier molecular flexibility index (Phi) is 2.42. The summed E-state index contributed by atoms with van der Waals surface area (Å²) in [5.74, 6) is 2.25. The Bertz CT molecular complexity index is 134. The van der Waals surface area contributed by atoms with Gasteiger partial charge in [-0.3, -0.25) is 0 Å². The van der Waals surface area contributed by atoms with Gasteiger partial charge in [0, 0.05) is 0 Å². The maximum Gasteiger partial charge on any atom is 0.114 e. The standard InChI is InChI=1S/C6H8BrNS/c7-6(5-8)1-3-9-4-2-6/h1-4H2. The van der Waals surface area contributed by atoms with Crippen molar-refractivity contribution in [1.82, 2.24) is 0 Å². The quantitative estimate of drug-likeness (QED) is 0.567. The second-order valence-electron chi connectivity index (χ2n) is 2.19. The zero-order valence-electron chi connectivity index (χ0n) is 5.06. The molecule has 1 aliphatic rings. The van der Waals surface area contributed by atoms with E-state index in [-0.39, 0.29) is 4.32 Å². The monoisotopic (exact) mass is 205 g/mol. The third kappa shape index (κ3) is 1.87. The van der Waals surface area contributed by atoms with E-state index in [0.717, 1.165) is 24.3 Å². The highest BCUT2D eigenvalue weighted by Gasteiger charge is 2.28. The summed E-state index contributed by atoms with van der Waals surface area (Å²) in [4.78, 5) is 0. The van der Waals surface area contributed by atoms with E-state index in [9.17, 15) is 0 Å². The van der Waals surface area contributed by atoms with Gasteiger partial charge in [-0.15, -0.1) is 0 Å². The van der Waals surface area contributed by atoms with Crippen LogP contribution in [-0.2, 0) is 0 Å². The Morgan fingerprint density at radius 3 is 2.33 bits per heavy atom. The number of nitrogens with zero attached hydrogens (tertiary/aromatic N) is 1. The fourth-order valence-corrected chi connectivity index (χ4v) is 2.92. The fraction of sp³-hybridized carbons (Fsp3) is 0.833. The van der Waals surface area contributed by atoms with Crippen LogP contribution in [0.2, 0.25) is 0 Å². The Balaban J connectivity index is 2.49. The third-order valence-electron chi connectivity index (χ3n) is 1.49. The molecule has 0 aliphatic carbocycles. The molecule has 1 fully saturated rings. The molecule has 0 N–H and O–H groups in total. The van der Waals surface area contributed by atoms with Crippen molar-refractivity contribution in [3.05, 3.63) is 0 Å². The van der Waals surface area contributed by atoms with Crippen LogP contribution in [-0.4, -0.2) is 15.8 Å². The molecule has 0 aromatic heterocycles. The number of alkyl halides is 1. The van der Waals surface area contributed by atoms with Crippen LogP contribution in [0.1, 0.15) is 12.8 Å². The summed E-state index contributed by atoms with van der Waals surface area (Å²) in [5, 5.41) is 8.64. The van der Waals surface area contributed by atoms with Crippen LogP contribution in [0, 0.1) is 11.3 Å². The predicted molar refractivity (Wildman–Crippen MR) is 43.8 cm³/mol. The van der Waals surface area contributed by atoms with Gasteiger partial charge in [0.25, 0.3) is 0 Å². The first kappa shape index (κ1) is 7.43. The predicted octanol–water partition coefficient (Wildman–Crippen LogP) is 2.17. The first-order valence-corrected chi connectivity index (χ1v) is 4.89. The van der Waals surface area contributed by atoms with Crippen LogP contribution in [0.5, 0.6) is 0 Å². The first-order chi connectivity index (χ1) is 4.27. The fourth-order valence-electron chi connectivity index (χ4n) is 0.807. The van der Waals surface area contributed by atoms with Gasteiger partial charge in [-0.05, 0) is 24.3 Å². The Hall–Kier alpha value is 0.320. The summed E-state index contributed by atoms with van der Waals surface area (Å²) in [6.07, 6.45) is 1.99. The smallest absolute Gasteiger partial charge is 0.114 e. The minimum Gasteiger partial charge on any atom is -0.197 e. The van der Waals surface area contributed by atoms with Gasteiger partial charge in [0.05, 0.1) is 6.07 Å². The minimum absolute atomic E-state index is 0.182. The lowest BCUT2D eigenvalue weighted by molar-refractivity contribution is 0.681. The van der Waals surface area contributed by atoms with E-state index in [1.807, 2.05) is 11.8 Å². The lowest BCUT2D eigenvalue weighted by atomic mass is 10.1. The van der Waals surface area contributed by atoms with E-state index in [2.05, 4.69) is 22.0 Å². The van der Waals surface area contributed by atoms with Crippen LogP contribution in [0.4, 0.5) is 0 Å². The number of hydrogen-bond donors (Lipinski definition) is 0. The molecule has 1 saturated heterocycles. The molecule has 0 radical (unpaired) electrons. The summed E-state index contributed by atoms with van der Waals surface area (Å²) >= 11 is 5.35. The van der Waals surface area contributed by atoms with Crippen LogP contribution in [0.3, 0.4) is 0 Å². The van der Waals surface area contributed by atoms with Gasteiger partial charge in [-0.2, -0.15) is 17.0 Å². The normalized spacial score (nSPS) is 24.9. The van der Waals surface area contributed by atoms with Crippen molar-refractivity contribution in [2.75, 3.05) is 11.5 Å². The lowest BCUT2D eigenvalue weighted by Gasteiger charge is -2.23. The molecule has 0 bridgehead atoms. The number of thioether (sulfide) groups is 1. The van der Waals surface area contributed by atoms with Gasteiger partial charge in [0.15, 0.2) is 0 Å². The maximum absolute atomic E-state index is 8.64. The molecule has 1 nitrogen and oxygen atoms in total. The van der Waals surface area contributed by atoms with Crippen molar-refractivity contribution in [2.24, 2.45) is 0 Å². The summed E-state index contributed by atoms with van der Waals surface area (Å²) in [7, 11) is 0. The van der Waals surface area contributed by atoms with E-state index in [0.29, 0.717) is 0 Å². The molecule has 0 aromatic rings. The third-order valence-corrected chi connectivity index (χ3v) is 3.44. The molecule has 0 amide bonds. The Morgan fingerprint density at radius 2 is 2.00 bits per heavy atom. The zero-order valence-corrected chi connectivity index (χ0v) is 7.46. The van der Waals surface area contributed by atoms with Crippen LogP contribution in [0.15, 0.2) is 0 Å². The van der Waals surface area contributed by atoms with Gasteiger partial charge in [0.1, 0.15) is 4.32 Å². The Labute approximate surface area is 67.9 Å². The zero-order chi connectivity index (χ0) is 6.74. The summed E-state index contributed by atoms with van der Waals surface area (Å²) in [6.45, 7) is 0. The number of rotatable bonds is 0. The van der Waals surface area contributed by atoms with Crippen molar-refractivity contribution >= 4 is 27.7 Å². The van der Waals surface area contributed by atoms with E-state index in [1.54, 1.807) is 0 Å². The first-order valence-electron chi connectivity index (χ1n) is 2.95. The van der Waals surface area contributed by atoms with Crippen molar-refractivity contribution in [1.29, 1.82) is 5.26 Å². The van der Waals surface area contributed by atoms with E-state index >= 15 is 0 Å². The number of hydrogen-bond acceptors (Lipinski definition) is 2. The molecule has 1 rings (SSSR count). The average Bonchev–Trinajstić information content (AvgIpc) is 1.90. The summed E-state index contributed by atoms with van der Waals surface area (Å²) < 4.78 is -0.182. The van der Waals surface area contributed by atoms with Gasteiger partial charge >= 0.3 is 0 Å². The molecule has 1 aliphatic heterocycles. The molecule has 0 aromatic carbocycles. The highest BCUT2D eigenvalue weighted by atomic mass is 79.9. The molecule has 0 spiro atoms. The highest BCUT2D eigenvalue weighted by Crippen LogP contribution is 2.33. The van der Waals surface area contributed by atoms with Gasteiger partial charge < -0.3 is 0 Å². The molecular weight excluding hydrogens is 198 g/mol. The molecule has 9 heavy (non-hydrogen) atoms. The van der Waals surface area contributed by atoms with E-state index in [1.165, 1.54) is 0 Å². The molecular formula is C6H8BrNS. The summed E-state index contributed by atoms with van der Waals surface area (Å²) in [6, 6.07) is 2.28. The number of nitriles is 1. The van der Waals surface area contributed by atoms with E-state index in [4.69, 9.17) is 5.26 Å². The lowest BCUT2D eigenvalue weighted by Crippen LogP contribution is -2.23. The van der Waals surface area contributed by atoms with Gasteiger partial charge in [0.2, 0.25) is 0 Å². The van der Waals surface area contributed by atoms with Gasteiger partial charge in [-0.25, -0.2) is 0 Å². The van der Waals surface area contributed by atoms with Crippen LogP contribution in [0.25, 0.3) is 0 Å². The molecule has 0 saturated carbocycles. The van der Waals surface area contributed by atoms with E-state index < -0.39 is 0 Å². The minimum atomic E-state index is -0.182. The molecule has 0 atom stereocenters. The molecule has 3 heteroatoms. The van der Waals surface area contributed by atoms with Crippen LogP contribution >= 0.6 is 27.7 Å². The van der Waals surface area contributed by atoms with Crippen LogP contribution < -0.4 is 0 Å². The Morgan fingerprint density at radius 1 is 1.44 bits per heavy atom. The SMILES string of the molecule is N#CC1(Br)CCSCC1. The molecule has 0 unspecified atom stereocenters. The topological polar surface area (TPSA) is 23.8 Å². The van der Waals surface area contributed by atoms with Crippen molar-refractivity contribution < 1.29 is 0 Å². The van der Waals surface area contributed by atoms with Crippen molar-refractivity contribution in [3.63, 3.8) is 0 Å². The van der Waals surface area contributed by atoms with Crippen molar-refractivity contribution in [2.45, 2.75) is 17.2 Å². The number of halogens is 1. The maximum atomic E-state index is 8.64. The molecule has 50 valence electrons. The van der Waals surface area contributed by atoms with Crippen molar-refractivity contribution in [3.8, 4) is 6.07 Å². The highest BCUT2D eigenvalue weighted by molar-refractivity contribution is 9.10. The second-order valence-corrected chi connectivity index (χ2v) is 4.93. The largest absolute Gasteiger partial charge is 0.197 e. The second kappa shape index (κ2) is 2.94. The average molecular weight is 206 g/mol. The molecule has 1 heterocycles.